The van der Waals surface area contributed by atoms with Gasteiger partial charge < -0.3 is 10.6 Å². The highest BCUT2D eigenvalue weighted by atomic mass is 35.5. The molecule has 118 valence electrons. The summed E-state index contributed by atoms with van der Waals surface area (Å²) in [6.07, 6.45) is 11.9. The van der Waals surface area contributed by atoms with Gasteiger partial charge >= 0.3 is 0 Å². The van der Waals surface area contributed by atoms with Crippen LogP contribution in [0.25, 0.3) is 0 Å². The summed E-state index contributed by atoms with van der Waals surface area (Å²) in [6.45, 7) is 1.57. The Morgan fingerprint density at radius 1 is 1.19 bits per heavy atom. The van der Waals surface area contributed by atoms with Gasteiger partial charge in [-0.1, -0.05) is 31.7 Å². The molecule has 0 saturated heterocycles. The minimum Gasteiger partial charge on any atom is -0.355 e. The molecule has 0 atom stereocenters. The first kappa shape index (κ1) is 17.9. The summed E-state index contributed by atoms with van der Waals surface area (Å²) in [4.78, 5) is 15.8. The van der Waals surface area contributed by atoms with Gasteiger partial charge in [0.05, 0.1) is 6.42 Å². The van der Waals surface area contributed by atoms with Crippen molar-refractivity contribution in [3.05, 3.63) is 30.1 Å². The number of halogens is 1. The van der Waals surface area contributed by atoms with Gasteiger partial charge in [0.2, 0.25) is 5.91 Å². The molecule has 21 heavy (non-hydrogen) atoms. The zero-order valence-corrected chi connectivity index (χ0v) is 13.3. The van der Waals surface area contributed by atoms with Crippen molar-refractivity contribution in [1.82, 2.24) is 15.6 Å². The summed E-state index contributed by atoms with van der Waals surface area (Å²) in [5.41, 5.74) is 0.960. The van der Waals surface area contributed by atoms with Gasteiger partial charge in [-0.3, -0.25) is 9.78 Å². The molecular weight excluding hydrogens is 286 g/mol. The zero-order valence-electron chi connectivity index (χ0n) is 12.5. The van der Waals surface area contributed by atoms with Crippen molar-refractivity contribution in [1.29, 1.82) is 0 Å². The van der Waals surface area contributed by atoms with Crippen LogP contribution in [0.1, 0.15) is 44.1 Å². The molecule has 1 fully saturated rings. The number of carbonyl (C=O) groups excluding carboxylic acids is 1. The molecular formula is C16H26ClN3O. The van der Waals surface area contributed by atoms with Gasteiger partial charge in [-0.25, -0.2) is 0 Å². The quantitative estimate of drug-likeness (QED) is 0.627. The summed E-state index contributed by atoms with van der Waals surface area (Å²) in [7, 11) is 0. The number of amides is 1. The second-order valence-electron chi connectivity index (χ2n) is 5.53. The Kier molecular flexibility index (Phi) is 9.02. The lowest BCUT2D eigenvalue weighted by atomic mass is 10.1. The van der Waals surface area contributed by atoms with Gasteiger partial charge in [0, 0.05) is 31.5 Å². The van der Waals surface area contributed by atoms with Crippen LogP contribution in [0.4, 0.5) is 0 Å². The van der Waals surface area contributed by atoms with Crippen LogP contribution in [0.3, 0.4) is 0 Å². The summed E-state index contributed by atoms with van der Waals surface area (Å²) >= 11 is 0. The Balaban J connectivity index is 0.00000220. The fraction of sp³-hybridized carbons (Fsp3) is 0.625. The molecule has 1 aliphatic carbocycles. The summed E-state index contributed by atoms with van der Waals surface area (Å²) in [5.74, 6) is 0.0701. The Morgan fingerprint density at radius 3 is 2.62 bits per heavy atom. The number of pyridine rings is 1. The van der Waals surface area contributed by atoms with Gasteiger partial charge in [-0.15, -0.1) is 12.4 Å². The molecule has 0 bridgehead atoms. The molecule has 0 spiro atoms. The number of hydrogen-bond acceptors (Lipinski definition) is 3. The average Bonchev–Trinajstić information content (AvgIpc) is 2.73. The molecule has 0 aliphatic heterocycles. The molecule has 5 heteroatoms. The maximum Gasteiger partial charge on any atom is 0.224 e. The molecule has 0 unspecified atom stereocenters. The molecule has 1 aliphatic rings. The van der Waals surface area contributed by atoms with Crippen LogP contribution in [0.2, 0.25) is 0 Å². The zero-order chi connectivity index (χ0) is 14.0. The molecule has 0 aromatic carbocycles. The van der Waals surface area contributed by atoms with Crippen LogP contribution in [0.15, 0.2) is 24.5 Å². The predicted octanol–water partition coefficient (Wildman–Crippen LogP) is 2.47. The Hall–Kier alpha value is -1.13. The smallest absolute Gasteiger partial charge is 0.224 e. The molecule has 1 heterocycles. The van der Waals surface area contributed by atoms with Gasteiger partial charge in [-0.05, 0) is 24.5 Å². The van der Waals surface area contributed by atoms with Crippen molar-refractivity contribution in [2.45, 2.75) is 51.0 Å². The van der Waals surface area contributed by atoms with Crippen molar-refractivity contribution in [2.75, 3.05) is 13.1 Å². The van der Waals surface area contributed by atoms with E-state index in [0.717, 1.165) is 12.1 Å². The lowest BCUT2D eigenvalue weighted by Gasteiger charge is -2.16. The molecule has 0 radical (unpaired) electrons. The third-order valence-electron chi connectivity index (χ3n) is 3.82. The van der Waals surface area contributed by atoms with Crippen LogP contribution in [-0.4, -0.2) is 30.0 Å². The van der Waals surface area contributed by atoms with E-state index >= 15 is 0 Å². The van der Waals surface area contributed by atoms with E-state index in [4.69, 9.17) is 0 Å². The minimum atomic E-state index is 0. The summed E-state index contributed by atoms with van der Waals surface area (Å²) in [6, 6.07) is 4.43. The topological polar surface area (TPSA) is 54.0 Å². The highest BCUT2D eigenvalue weighted by Gasteiger charge is 2.11. The van der Waals surface area contributed by atoms with Crippen LogP contribution in [0.5, 0.6) is 0 Å². The number of rotatable bonds is 6. The lowest BCUT2D eigenvalue weighted by Crippen LogP contribution is -2.37. The molecule has 2 rings (SSSR count). The van der Waals surface area contributed by atoms with Crippen molar-refractivity contribution >= 4 is 18.3 Å². The molecule has 1 amide bonds. The van der Waals surface area contributed by atoms with Crippen molar-refractivity contribution in [2.24, 2.45) is 0 Å². The molecule has 1 aromatic heterocycles. The first-order valence-electron chi connectivity index (χ1n) is 7.73. The average molecular weight is 312 g/mol. The van der Waals surface area contributed by atoms with Crippen LogP contribution >= 0.6 is 12.4 Å². The van der Waals surface area contributed by atoms with E-state index in [9.17, 15) is 4.79 Å². The number of carbonyl (C=O) groups is 1. The molecule has 1 aromatic rings. The maximum absolute atomic E-state index is 11.8. The Labute approximate surface area is 133 Å². The van der Waals surface area contributed by atoms with E-state index < -0.39 is 0 Å². The third kappa shape index (κ3) is 7.44. The molecule has 2 N–H and O–H groups in total. The first-order valence-corrected chi connectivity index (χ1v) is 7.73. The second-order valence-corrected chi connectivity index (χ2v) is 5.53. The van der Waals surface area contributed by atoms with Crippen molar-refractivity contribution in [3.63, 3.8) is 0 Å². The van der Waals surface area contributed by atoms with Gasteiger partial charge in [0.1, 0.15) is 0 Å². The number of nitrogens with zero attached hydrogens (tertiary/aromatic N) is 1. The molecule has 1 saturated carbocycles. The summed E-state index contributed by atoms with van der Waals surface area (Å²) in [5, 5.41) is 6.51. The highest BCUT2D eigenvalue weighted by molar-refractivity contribution is 5.85. The SMILES string of the molecule is Cl.O=C(Cc1cccnc1)NCCNC1CCCCCC1. The predicted molar refractivity (Wildman–Crippen MR) is 87.7 cm³/mol. The summed E-state index contributed by atoms with van der Waals surface area (Å²) < 4.78 is 0. The van der Waals surface area contributed by atoms with E-state index in [1.807, 2.05) is 12.1 Å². The maximum atomic E-state index is 11.8. The Bertz CT molecular complexity index is 392. The fourth-order valence-electron chi connectivity index (χ4n) is 2.71. The van der Waals surface area contributed by atoms with E-state index in [1.165, 1.54) is 38.5 Å². The number of hydrogen-bond donors (Lipinski definition) is 2. The number of nitrogens with one attached hydrogen (secondary N) is 2. The Morgan fingerprint density at radius 2 is 1.95 bits per heavy atom. The van der Waals surface area contributed by atoms with Crippen LogP contribution < -0.4 is 10.6 Å². The van der Waals surface area contributed by atoms with E-state index in [0.29, 0.717) is 19.0 Å². The van der Waals surface area contributed by atoms with Crippen LogP contribution in [-0.2, 0) is 11.2 Å². The van der Waals surface area contributed by atoms with Gasteiger partial charge in [0.25, 0.3) is 0 Å². The van der Waals surface area contributed by atoms with Crippen molar-refractivity contribution < 1.29 is 4.79 Å². The van der Waals surface area contributed by atoms with E-state index in [2.05, 4.69) is 15.6 Å². The van der Waals surface area contributed by atoms with E-state index in [-0.39, 0.29) is 18.3 Å². The lowest BCUT2D eigenvalue weighted by molar-refractivity contribution is -0.120. The largest absolute Gasteiger partial charge is 0.355 e. The highest BCUT2D eigenvalue weighted by Crippen LogP contribution is 2.16. The second kappa shape index (κ2) is 10.6. The third-order valence-corrected chi connectivity index (χ3v) is 3.82. The van der Waals surface area contributed by atoms with Gasteiger partial charge in [0.15, 0.2) is 0 Å². The normalized spacial score (nSPS) is 15.8. The molecule has 4 nitrogen and oxygen atoms in total. The van der Waals surface area contributed by atoms with Gasteiger partial charge in [-0.2, -0.15) is 0 Å². The standard InChI is InChI=1S/C16H25N3O.ClH/c20-16(12-14-6-5-9-17-13-14)19-11-10-18-15-7-3-1-2-4-8-15;/h5-6,9,13,15,18H,1-4,7-8,10-12H2,(H,19,20);1H. The first-order chi connectivity index (χ1) is 9.84. The van der Waals surface area contributed by atoms with Crippen molar-refractivity contribution in [3.8, 4) is 0 Å². The monoisotopic (exact) mass is 311 g/mol. The number of aromatic nitrogens is 1. The minimum absolute atomic E-state index is 0. The van der Waals surface area contributed by atoms with E-state index in [1.54, 1.807) is 12.4 Å². The fourth-order valence-corrected chi connectivity index (χ4v) is 2.71. The van der Waals surface area contributed by atoms with Crippen LogP contribution in [0, 0.1) is 0 Å².